The van der Waals surface area contributed by atoms with E-state index in [1.54, 1.807) is 0 Å². The molecule has 0 unspecified atom stereocenters. The molecule has 0 aliphatic rings. The molecule has 114 valence electrons. The average molecular weight is 286 g/mol. The van der Waals surface area contributed by atoms with Gasteiger partial charge in [-0.05, 0) is 31.2 Å². The second-order valence-electron chi connectivity index (χ2n) is 6.06. The Morgan fingerprint density at radius 2 is 1.95 bits per heavy atom. The predicted molar refractivity (Wildman–Crippen MR) is 87.0 cm³/mol. The lowest BCUT2D eigenvalue weighted by atomic mass is 10.1. The Hall–Kier alpha value is -1.58. The maximum atomic E-state index is 5.65. The molecule has 0 spiro atoms. The van der Waals surface area contributed by atoms with Gasteiger partial charge in [0, 0.05) is 24.7 Å². The number of nitrogens with one attached hydrogen (secondary N) is 1. The van der Waals surface area contributed by atoms with Gasteiger partial charge < -0.3 is 9.73 Å². The van der Waals surface area contributed by atoms with E-state index in [1.807, 2.05) is 6.26 Å². The van der Waals surface area contributed by atoms with Gasteiger partial charge in [-0.15, -0.1) is 0 Å². The largest absolute Gasteiger partial charge is 0.468 e. The minimum absolute atomic E-state index is 0.493. The molecule has 2 aromatic rings. The van der Waals surface area contributed by atoms with Crippen LogP contribution in [0, 0.1) is 6.92 Å². The molecule has 1 heterocycles. The number of nitrogens with zero attached hydrogens (tertiary/aromatic N) is 1. The molecular weight excluding hydrogens is 260 g/mol. The van der Waals surface area contributed by atoms with Gasteiger partial charge in [0.05, 0.1) is 12.8 Å². The van der Waals surface area contributed by atoms with Crippen molar-refractivity contribution in [3.05, 3.63) is 59.0 Å². The van der Waals surface area contributed by atoms with Crippen LogP contribution in [0.3, 0.4) is 0 Å². The van der Waals surface area contributed by atoms with Crippen molar-refractivity contribution < 1.29 is 4.42 Å². The fraction of sp³-hybridized carbons (Fsp3) is 0.444. The van der Waals surface area contributed by atoms with Crippen LogP contribution >= 0.6 is 0 Å². The predicted octanol–water partition coefficient (Wildman–Crippen LogP) is 3.72. The van der Waals surface area contributed by atoms with Crippen molar-refractivity contribution >= 4 is 0 Å². The van der Waals surface area contributed by atoms with Crippen molar-refractivity contribution in [1.29, 1.82) is 0 Å². The normalized spacial score (nSPS) is 11.5. The minimum Gasteiger partial charge on any atom is -0.468 e. The van der Waals surface area contributed by atoms with Gasteiger partial charge in [-0.3, -0.25) is 4.90 Å². The maximum Gasteiger partial charge on any atom is 0.118 e. The summed E-state index contributed by atoms with van der Waals surface area (Å²) in [4.78, 5) is 2.28. The van der Waals surface area contributed by atoms with E-state index < -0.39 is 0 Å². The number of benzene rings is 1. The average Bonchev–Trinajstić information content (AvgIpc) is 2.86. The van der Waals surface area contributed by atoms with E-state index in [-0.39, 0.29) is 0 Å². The van der Waals surface area contributed by atoms with E-state index in [0.717, 1.165) is 25.4 Å². The summed E-state index contributed by atoms with van der Waals surface area (Å²) >= 11 is 0. The molecule has 0 bridgehead atoms. The summed E-state index contributed by atoms with van der Waals surface area (Å²) in [6, 6.07) is 11.2. The molecule has 2 rings (SSSR count). The third-order valence-electron chi connectivity index (χ3n) is 3.55. The molecule has 3 heteroatoms. The molecule has 0 radical (unpaired) electrons. The number of aryl methyl sites for hydroxylation is 1. The zero-order chi connectivity index (χ0) is 15.2. The summed E-state index contributed by atoms with van der Waals surface area (Å²) in [5, 5.41) is 3.40. The molecule has 0 saturated heterocycles. The lowest BCUT2D eigenvalue weighted by Crippen LogP contribution is -2.21. The van der Waals surface area contributed by atoms with Gasteiger partial charge in [0.15, 0.2) is 0 Å². The second-order valence-corrected chi connectivity index (χ2v) is 6.06. The highest BCUT2D eigenvalue weighted by atomic mass is 16.3. The molecular formula is C18H26N2O. The quantitative estimate of drug-likeness (QED) is 0.841. The van der Waals surface area contributed by atoms with Gasteiger partial charge in [-0.1, -0.05) is 38.1 Å². The van der Waals surface area contributed by atoms with Crippen molar-refractivity contribution in [2.45, 2.75) is 46.4 Å². The lowest BCUT2D eigenvalue weighted by molar-refractivity contribution is 0.287. The highest BCUT2D eigenvalue weighted by Crippen LogP contribution is 2.14. The highest BCUT2D eigenvalue weighted by Gasteiger charge is 2.07. The van der Waals surface area contributed by atoms with Crippen LogP contribution in [0.25, 0.3) is 0 Å². The van der Waals surface area contributed by atoms with Crippen LogP contribution in [0.4, 0.5) is 0 Å². The summed E-state index contributed by atoms with van der Waals surface area (Å²) in [7, 11) is 2.13. The zero-order valence-electron chi connectivity index (χ0n) is 13.5. The summed E-state index contributed by atoms with van der Waals surface area (Å²) < 4.78 is 5.65. The van der Waals surface area contributed by atoms with Gasteiger partial charge in [0.1, 0.15) is 5.76 Å². The molecule has 21 heavy (non-hydrogen) atoms. The number of furan rings is 1. The molecule has 0 saturated carbocycles. The molecule has 3 nitrogen and oxygen atoms in total. The third-order valence-corrected chi connectivity index (χ3v) is 3.55. The van der Waals surface area contributed by atoms with E-state index in [4.69, 9.17) is 4.42 Å². The number of rotatable bonds is 7. The topological polar surface area (TPSA) is 28.4 Å². The summed E-state index contributed by atoms with van der Waals surface area (Å²) in [6.07, 6.45) is 1.85. The SMILES string of the molecule is Cc1ccccc1CN(C)Cc1cc(CNC(C)C)co1. The molecule has 0 aliphatic heterocycles. The summed E-state index contributed by atoms with van der Waals surface area (Å²) in [5.74, 6) is 1.02. The molecule has 0 fully saturated rings. The standard InChI is InChI=1S/C18H26N2O/c1-14(2)19-10-16-9-18(21-13-16)12-20(4)11-17-8-6-5-7-15(17)3/h5-9,13-14,19H,10-12H2,1-4H3. The summed E-state index contributed by atoms with van der Waals surface area (Å²) in [6.45, 7) is 9.09. The number of hydrogen-bond acceptors (Lipinski definition) is 3. The Labute approximate surface area is 128 Å². The molecule has 1 aromatic heterocycles. The Morgan fingerprint density at radius 1 is 1.19 bits per heavy atom. The van der Waals surface area contributed by atoms with Crippen LogP contribution < -0.4 is 5.32 Å². The van der Waals surface area contributed by atoms with Crippen LogP contribution in [0.5, 0.6) is 0 Å². The van der Waals surface area contributed by atoms with Crippen molar-refractivity contribution in [3.63, 3.8) is 0 Å². The Kier molecular flexibility index (Phi) is 5.59. The minimum atomic E-state index is 0.493. The maximum absolute atomic E-state index is 5.65. The molecule has 0 amide bonds. The van der Waals surface area contributed by atoms with Crippen molar-refractivity contribution in [2.75, 3.05) is 7.05 Å². The van der Waals surface area contributed by atoms with E-state index >= 15 is 0 Å². The van der Waals surface area contributed by atoms with Crippen LogP contribution in [0.15, 0.2) is 41.0 Å². The van der Waals surface area contributed by atoms with Crippen LogP contribution in [-0.4, -0.2) is 18.0 Å². The third kappa shape index (κ3) is 5.03. The van der Waals surface area contributed by atoms with Gasteiger partial charge in [-0.25, -0.2) is 0 Å². The van der Waals surface area contributed by atoms with E-state index in [0.29, 0.717) is 6.04 Å². The molecule has 0 aliphatic carbocycles. The Balaban J connectivity index is 1.88. The van der Waals surface area contributed by atoms with Gasteiger partial charge in [0.25, 0.3) is 0 Å². The Morgan fingerprint density at radius 3 is 2.67 bits per heavy atom. The highest BCUT2D eigenvalue weighted by molar-refractivity contribution is 5.25. The monoisotopic (exact) mass is 286 g/mol. The fourth-order valence-corrected chi connectivity index (χ4v) is 2.32. The lowest BCUT2D eigenvalue weighted by Gasteiger charge is -2.16. The van der Waals surface area contributed by atoms with Crippen molar-refractivity contribution in [1.82, 2.24) is 10.2 Å². The second kappa shape index (κ2) is 7.43. The molecule has 0 atom stereocenters. The molecule has 1 aromatic carbocycles. The smallest absolute Gasteiger partial charge is 0.118 e. The van der Waals surface area contributed by atoms with Crippen molar-refractivity contribution in [2.24, 2.45) is 0 Å². The first kappa shape index (κ1) is 15.8. The van der Waals surface area contributed by atoms with Crippen LogP contribution in [-0.2, 0) is 19.6 Å². The number of hydrogen-bond donors (Lipinski definition) is 1. The van der Waals surface area contributed by atoms with E-state index in [2.05, 4.69) is 68.4 Å². The van der Waals surface area contributed by atoms with E-state index in [9.17, 15) is 0 Å². The van der Waals surface area contributed by atoms with Crippen molar-refractivity contribution in [3.8, 4) is 0 Å². The van der Waals surface area contributed by atoms with E-state index in [1.165, 1.54) is 16.7 Å². The first-order valence-electron chi connectivity index (χ1n) is 7.57. The van der Waals surface area contributed by atoms with Gasteiger partial charge in [-0.2, -0.15) is 0 Å². The first-order valence-corrected chi connectivity index (χ1v) is 7.57. The zero-order valence-corrected chi connectivity index (χ0v) is 13.5. The molecule has 1 N–H and O–H groups in total. The Bertz CT molecular complexity index is 560. The van der Waals surface area contributed by atoms with Gasteiger partial charge in [0.2, 0.25) is 0 Å². The van der Waals surface area contributed by atoms with Crippen LogP contribution in [0.1, 0.15) is 36.3 Å². The summed E-state index contributed by atoms with van der Waals surface area (Å²) in [5.41, 5.74) is 3.92. The van der Waals surface area contributed by atoms with Crippen LogP contribution in [0.2, 0.25) is 0 Å². The van der Waals surface area contributed by atoms with Gasteiger partial charge >= 0.3 is 0 Å². The fourth-order valence-electron chi connectivity index (χ4n) is 2.32. The first-order chi connectivity index (χ1) is 10.0.